The molecule has 0 aliphatic rings. The number of aromatic nitrogens is 4. The fourth-order valence-corrected chi connectivity index (χ4v) is 2.58. The van der Waals surface area contributed by atoms with Crippen molar-refractivity contribution < 1.29 is 0 Å². The van der Waals surface area contributed by atoms with Crippen molar-refractivity contribution in [2.45, 2.75) is 46.5 Å². The maximum atomic E-state index is 5.64. The second-order valence-electron chi connectivity index (χ2n) is 5.18. The lowest BCUT2D eigenvalue weighted by Gasteiger charge is -2.12. The summed E-state index contributed by atoms with van der Waals surface area (Å²) in [5.74, 6) is 2.39. The molecule has 0 fully saturated rings. The van der Waals surface area contributed by atoms with E-state index in [1.807, 2.05) is 6.92 Å². The molecule has 2 aromatic rings. The third-order valence-corrected chi connectivity index (χ3v) is 3.69. The van der Waals surface area contributed by atoms with E-state index in [0.717, 1.165) is 43.0 Å². The molecule has 0 amide bonds. The second-order valence-corrected chi connectivity index (χ2v) is 5.18. The molecule has 0 spiro atoms. The first-order valence-corrected chi connectivity index (χ1v) is 7.04. The van der Waals surface area contributed by atoms with Crippen molar-refractivity contribution in [3.63, 3.8) is 0 Å². The Morgan fingerprint density at radius 1 is 1.26 bits per heavy atom. The summed E-state index contributed by atoms with van der Waals surface area (Å²) in [6.45, 7) is 7.04. The van der Waals surface area contributed by atoms with Crippen molar-refractivity contribution in [1.29, 1.82) is 0 Å². The van der Waals surface area contributed by atoms with Gasteiger partial charge in [-0.2, -0.15) is 0 Å². The van der Waals surface area contributed by atoms with E-state index < -0.39 is 0 Å². The van der Waals surface area contributed by atoms with E-state index in [-0.39, 0.29) is 0 Å². The highest BCUT2D eigenvalue weighted by Gasteiger charge is 2.12. The van der Waals surface area contributed by atoms with Crippen LogP contribution in [0.1, 0.15) is 43.4 Å². The van der Waals surface area contributed by atoms with Gasteiger partial charge >= 0.3 is 0 Å². The number of fused-ring (bicyclic) bond motifs is 1. The summed E-state index contributed by atoms with van der Waals surface area (Å²) >= 11 is 0. The topological polar surface area (TPSA) is 69.1 Å². The molecular weight excluding hydrogens is 238 g/mol. The average molecular weight is 261 g/mol. The van der Waals surface area contributed by atoms with Gasteiger partial charge in [0.25, 0.3) is 5.78 Å². The summed E-state index contributed by atoms with van der Waals surface area (Å²) in [4.78, 5) is 4.41. The molecule has 0 aliphatic heterocycles. The Morgan fingerprint density at radius 2 is 2.05 bits per heavy atom. The maximum absolute atomic E-state index is 5.64. The van der Waals surface area contributed by atoms with E-state index in [2.05, 4.69) is 39.5 Å². The molecule has 0 bridgehead atoms. The van der Waals surface area contributed by atoms with Crippen LogP contribution >= 0.6 is 0 Å². The van der Waals surface area contributed by atoms with Crippen molar-refractivity contribution in [1.82, 2.24) is 19.6 Å². The van der Waals surface area contributed by atoms with Crippen LogP contribution in [0.4, 0.5) is 0 Å². The van der Waals surface area contributed by atoms with E-state index >= 15 is 0 Å². The Labute approximate surface area is 114 Å². The van der Waals surface area contributed by atoms with Crippen LogP contribution in [0, 0.1) is 19.8 Å². The van der Waals surface area contributed by atoms with Gasteiger partial charge in [0.2, 0.25) is 0 Å². The zero-order valence-corrected chi connectivity index (χ0v) is 12.1. The Kier molecular flexibility index (Phi) is 4.47. The van der Waals surface area contributed by atoms with Crippen LogP contribution in [0.25, 0.3) is 5.78 Å². The van der Waals surface area contributed by atoms with E-state index in [1.165, 1.54) is 6.42 Å². The number of rotatable bonds is 6. The zero-order valence-electron chi connectivity index (χ0n) is 12.1. The zero-order chi connectivity index (χ0) is 13.8. The van der Waals surface area contributed by atoms with Crippen LogP contribution in [-0.2, 0) is 6.42 Å². The first-order valence-electron chi connectivity index (χ1n) is 7.04. The van der Waals surface area contributed by atoms with Gasteiger partial charge in [0, 0.05) is 17.8 Å². The van der Waals surface area contributed by atoms with Crippen LogP contribution in [-0.4, -0.2) is 26.1 Å². The molecule has 1 unspecified atom stereocenters. The molecule has 0 radical (unpaired) electrons. The monoisotopic (exact) mass is 261 g/mol. The van der Waals surface area contributed by atoms with Crippen LogP contribution < -0.4 is 5.73 Å². The smallest absolute Gasteiger partial charge is 0.255 e. The molecule has 5 heteroatoms. The number of nitrogens with two attached hydrogens (primary N) is 1. The van der Waals surface area contributed by atoms with E-state index in [9.17, 15) is 0 Å². The van der Waals surface area contributed by atoms with E-state index in [1.54, 1.807) is 0 Å². The highest BCUT2D eigenvalue weighted by atomic mass is 15.3. The SMILES string of the molecule is CCC(CCN)CCc1nnc2nc(C)cc(C)n12. The highest BCUT2D eigenvalue weighted by Crippen LogP contribution is 2.16. The molecule has 1 atom stereocenters. The predicted octanol–water partition coefficient (Wildman–Crippen LogP) is 2.05. The number of hydrogen-bond acceptors (Lipinski definition) is 4. The summed E-state index contributed by atoms with van der Waals surface area (Å²) in [5, 5.41) is 8.45. The minimum atomic E-state index is 0.677. The molecule has 2 rings (SSSR count). The van der Waals surface area contributed by atoms with Gasteiger partial charge in [0.1, 0.15) is 5.82 Å². The Bertz CT molecular complexity index is 546. The van der Waals surface area contributed by atoms with Crippen molar-refractivity contribution in [2.75, 3.05) is 6.54 Å². The van der Waals surface area contributed by atoms with Gasteiger partial charge in [-0.25, -0.2) is 4.98 Å². The minimum absolute atomic E-state index is 0.677. The fourth-order valence-electron chi connectivity index (χ4n) is 2.58. The summed E-state index contributed by atoms with van der Waals surface area (Å²) in [5.41, 5.74) is 7.77. The van der Waals surface area contributed by atoms with E-state index in [4.69, 9.17) is 5.73 Å². The van der Waals surface area contributed by atoms with Gasteiger partial charge < -0.3 is 5.73 Å². The summed E-state index contributed by atoms with van der Waals surface area (Å²) in [6.07, 6.45) is 4.31. The minimum Gasteiger partial charge on any atom is -0.330 e. The molecule has 2 aromatic heterocycles. The van der Waals surface area contributed by atoms with Gasteiger partial charge in [-0.15, -0.1) is 10.2 Å². The predicted molar refractivity (Wildman–Crippen MR) is 76.0 cm³/mol. The molecule has 0 aromatic carbocycles. The molecule has 2 N–H and O–H groups in total. The van der Waals surface area contributed by atoms with Crippen molar-refractivity contribution >= 4 is 5.78 Å². The Balaban J connectivity index is 2.17. The van der Waals surface area contributed by atoms with Crippen LogP contribution in [0.5, 0.6) is 0 Å². The van der Waals surface area contributed by atoms with Gasteiger partial charge in [-0.3, -0.25) is 4.40 Å². The van der Waals surface area contributed by atoms with Gasteiger partial charge in [-0.1, -0.05) is 13.3 Å². The quantitative estimate of drug-likeness (QED) is 0.864. The van der Waals surface area contributed by atoms with Crippen molar-refractivity contribution in [3.8, 4) is 0 Å². The summed E-state index contributed by atoms with van der Waals surface area (Å²) < 4.78 is 2.06. The third kappa shape index (κ3) is 3.10. The molecule has 2 heterocycles. The number of aryl methyl sites for hydroxylation is 3. The van der Waals surface area contributed by atoms with Crippen LogP contribution in [0.15, 0.2) is 6.07 Å². The van der Waals surface area contributed by atoms with Gasteiger partial charge in [-0.05, 0) is 45.2 Å². The standard InChI is InChI=1S/C14H23N5/c1-4-12(7-8-15)5-6-13-17-18-14-16-10(2)9-11(3)19(13)14/h9,12H,4-8,15H2,1-3H3. The molecule has 5 nitrogen and oxygen atoms in total. The normalized spacial score (nSPS) is 13.1. The van der Waals surface area contributed by atoms with Crippen LogP contribution in [0.2, 0.25) is 0 Å². The average Bonchev–Trinajstić information content (AvgIpc) is 2.77. The Hall–Kier alpha value is -1.49. The number of hydrogen-bond donors (Lipinski definition) is 1. The lowest BCUT2D eigenvalue weighted by Crippen LogP contribution is -2.10. The molecule has 104 valence electrons. The summed E-state index contributed by atoms with van der Waals surface area (Å²) in [6, 6.07) is 2.07. The first-order chi connectivity index (χ1) is 9.15. The van der Waals surface area contributed by atoms with Gasteiger partial charge in [0.05, 0.1) is 0 Å². The molecule has 0 saturated heterocycles. The molecule has 19 heavy (non-hydrogen) atoms. The Morgan fingerprint density at radius 3 is 2.74 bits per heavy atom. The highest BCUT2D eigenvalue weighted by molar-refractivity contribution is 5.32. The lowest BCUT2D eigenvalue weighted by atomic mass is 9.96. The third-order valence-electron chi connectivity index (χ3n) is 3.69. The molecule has 0 aliphatic carbocycles. The fraction of sp³-hybridized carbons (Fsp3) is 0.643. The largest absolute Gasteiger partial charge is 0.330 e. The van der Waals surface area contributed by atoms with Crippen molar-refractivity contribution in [3.05, 3.63) is 23.3 Å². The molecule has 0 saturated carbocycles. The van der Waals surface area contributed by atoms with Crippen molar-refractivity contribution in [2.24, 2.45) is 11.7 Å². The maximum Gasteiger partial charge on any atom is 0.255 e. The lowest BCUT2D eigenvalue weighted by molar-refractivity contribution is 0.438. The first kappa shape index (κ1) is 13.9. The van der Waals surface area contributed by atoms with Crippen LogP contribution in [0.3, 0.4) is 0 Å². The second kappa shape index (κ2) is 6.10. The summed E-state index contributed by atoms with van der Waals surface area (Å²) in [7, 11) is 0. The number of nitrogens with zero attached hydrogens (tertiary/aromatic N) is 4. The molecular formula is C14H23N5. The van der Waals surface area contributed by atoms with Gasteiger partial charge in [0.15, 0.2) is 0 Å². The van der Waals surface area contributed by atoms with E-state index in [0.29, 0.717) is 11.7 Å².